The van der Waals surface area contributed by atoms with E-state index in [1.807, 2.05) is 0 Å². The Hall–Kier alpha value is -0.640. The fraction of sp³-hybridized carbons (Fsp3) is 0.750. The molecule has 1 fully saturated rings. The Balaban J connectivity index is 1.82. The average Bonchev–Trinajstić information content (AvgIpc) is 2.49. The van der Waals surface area contributed by atoms with Crippen LogP contribution in [0.15, 0.2) is 5.51 Å². The molecule has 0 atom stereocenters. The second kappa shape index (κ2) is 3.01. The largest absolute Gasteiger partial charge is 0.360 e. The number of anilines is 1. The summed E-state index contributed by atoms with van der Waals surface area (Å²) in [5, 5.41) is 12.0. The summed E-state index contributed by atoms with van der Waals surface area (Å²) in [6.45, 7) is 3.37. The summed E-state index contributed by atoms with van der Waals surface area (Å²) in [5.41, 5.74) is 2.27. The fourth-order valence-corrected chi connectivity index (χ4v) is 1.94. The Morgan fingerprint density at radius 2 is 2.50 bits per heavy atom. The normalized spacial score (nSPS) is 20.1. The number of hydrogen-bond acceptors (Lipinski definition) is 4. The van der Waals surface area contributed by atoms with Gasteiger partial charge in [-0.15, -0.1) is 10.2 Å². The molecular weight excluding hydrogens is 170 g/mol. The van der Waals surface area contributed by atoms with Gasteiger partial charge in [-0.25, -0.2) is 0 Å². The highest BCUT2D eigenvalue weighted by Crippen LogP contribution is 2.40. The van der Waals surface area contributed by atoms with Crippen LogP contribution in [0.5, 0.6) is 0 Å². The lowest BCUT2D eigenvalue weighted by Crippen LogP contribution is -2.33. The Morgan fingerprint density at radius 3 is 3.00 bits per heavy atom. The summed E-state index contributed by atoms with van der Waals surface area (Å²) in [4.78, 5) is 0. The molecule has 0 unspecified atom stereocenters. The van der Waals surface area contributed by atoms with E-state index in [1.165, 1.54) is 19.3 Å². The van der Waals surface area contributed by atoms with Gasteiger partial charge >= 0.3 is 0 Å². The lowest BCUT2D eigenvalue weighted by molar-refractivity contribution is 0.180. The standard InChI is InChI=1S/C8H13N3S/c1-8(3-2-4-8)5-9-7-11-10-6-12-7/h6H,2-5H2,1H3,(H,9,11). The van der Waals surface area contributed by atoms with Crippen molar-refractivity contribution in [1.29, 1.82) is 0 Å². The van der Waals surface area contributed by atoms with Crippen molar-refractivity contribution in [2.24, 2.45) is 5.41 Å². The van der Waals surface area contributed by atoms with E-state index in [4.69, 9.17) is 0 Å². The number of rotatable bonds is 3. The first kappa shape index (κ1) is 7.98. The average molecular weight is 183 g/mol. The van der Waals surface area contributed by atoms with E-state index in [0.717, 1.165) is 11.7 Å². The highest BCUT2D eigenvalue weighted by molar-refractivity contribution is 7.13. The van der Waals surface area contributed by atoms with Gasteiger partial charge in [0.25, 0.3) is 0 Å². The van der Waals surface area contributed by atoms with Crippen molar-refractivity contribution >= 4 is 16.5 Å². The molecule has 0 radical (unpaired) electrons. The van der Waals surface area contributed by atoms with Crippen LogP contribution in [-0.4, -0.2) is 16.7 Å². The van der Waals surface area contributed by atoms with E-state index in [-0.39, 0.29) is 0 Å². The zero-order valence-corrected chi connectivity index (χ0v) is 8.02. The Kier molecular flexibility index (Phi) is 2.00. The maximum atomic E-state index is 3.94. The molecule has 0 saturated heterocycles. The monoisotopic (exact) mass is 183 g/mol. The van der Waals surface area contributed by atoms with Gasteiger partial charge in [0.15, 0.2) is 0 Å². The molecule has 1 aromatic heterocycles. The predicted molar refractivity (Wildman–Crippen MR) is 50.4 cm³/mol. The van der Waals surface area contributed by atoms with Gasteiger partial charge < -0.3 is 5.32 Å². The molecule has 66 valence electrons. The second-order valence-electron chi connectivity index (χ2n) is 3.76. The molecule has 4 heteroatoms. The van der Waals surface area contributed by atoms with Crippen LogP contribution in [-0.2, 0) is 0 Å². The van der Waals surface area contributed by atoms with E-state index >= 15 is 0 Å². The van der Waals surface area contributed by atoms with Crippen LogP contribution < -0.4 is 5.32 Å². The zero-order valence-electron chi connectivity index (χ0n) is 7.21. The molecule has 0 bridgehead atoms. The first-order valence-corrected chi connectivity index (χ1v) is 5.17. The van der Waals surface area contributed by atoms with Crippen molar-refractivity contribution in [3.8, 4) is 0 Å². The zero-order chi connectivity index (χ0) is 8.44. The van der Waals surface area contributed by atoms with E-state index in [0.29, 0.717) is 5.41 Å². The van der Waals surface area contributed by atoms with Crippen LogP contribution in [0.3, 0.4) is 0 Å². The minimum Gasteiger partial charge on any atom is -0.360 e. The van der Waals surface area contributed by atoms with Crippen molar-refractivity contribution in [2.75, 3.05) is 11.9 Å². The van der Waals surface area contributed by atoms with Crippen LogP contribution >= 0.6 is 11.3 Å². The summed E-state index contributed by atoms with van der Waals surface area (Å²) >= 11 is 1.56. The maximum absolute atomic E-state index is 3.94. The molecule has 3 nitrogen and oxygen atoms in total. The van der Waals surface area contributed by atoms with Crippen LogP contribution in [0.1, 0.15) is 26.2 Å². The summed E-state index contributed by atoms with van der Waals surface area (Å²) in [6, 6.07) is 0. The van der Waals surface area contributed by atoms with Crippen molar-refractivity contribution in [2.45, 2.75) is 26.2 Å². The number of aromatic nitrogens is 2. The van der Waals surface area contributed by atoms with Gasteiger partial charge in [0, 0.05) is 6.54 Å². The molecular formula is C8H13N3S. The predicted octanol–water partition coefficient (Wildman–Crippen LogP) is 2.14. The van der Waals surface area contributed by atoms with Gasteiger partial charge in [0.05, 0.1) is 0 Å². The molecule has 0 aromatic carbocycles. The lowest BCUT2D eigenvalue weighted by Gasteiger charge is -2.38. The lowest BCUT2D eigenvalue weighted by atomic mass is 9.70. The highest BCUT2D eigenvalue weighted by Gasteiger charge is 2.31. The Morgan fingerprint density at radius 1 is 1.67 bits per heavy atom. The molecule has 1 aliphatic carbocycles. The minimum absolute atomic E-state index is 0.520. The third-order valence-corrected chi connectivity index (χ3v) is 3.24. The number of nitrogens with zero attached hydrogens (tertiary/aromatic N) is 2. The first-order valence-electron chi connectivity index (χ1n) is 4.29. The minimum atomic E-state index is 0.520. The third-order valence-electron chi connectivity index (χ3n) is 2.59. The van der Waals surface area contributed by atoms with Crippen LogP contribution in [0.25, 0.3) is 0 Å². The van der Waals surface area contributed by atoms with Gasteiger partial charge in [-0.05, 0) is 18.3 Å². The quantitative estimate of drug-likeness (QED) is 0.780. The van der Waals surface area contributed by atoms with Crippen molar-refractivity contribution in [3.63, 3.8) is 0 Å². The third kappa shape index (κ3) is 1.58. The van der Waals surface area contributed by atoms with E-state index in [9.17, 15) is 0 Å². The fourth-order valence-electron chi connectivity index (χ4n) is 1.50. The van der Waals surface area contributed by atoms with Crippen LogP contribution in [0, 0.1) is 5.41 Å². The molecule has 1 N–H and O–H groups in total. The molecule has 2 rings (SSSR count). The molecule has 1 aliphatic rings. The summed E-state index contributed by atoms with van der Waals surface area (Å²) < 4.78 is 0. The molecule has 12 heavy (non-hydrogen) atoms. The van der Waals surface area contributed by atoms with Crippen molar-refractivity contribution < 1.29 is 0 Å². The topological polar surface area (TPSA) is 37.8 Å². The summed E-state index contributed by atoms with van der Waals surface area (Å²) in [5.74, 6) is 0. The molecule has 0 spiro atoms. The van der Waals surface area contributed by atoms with E-state index < -0.39 is 0 Å². The van der Waals surface area contributed by atoms with Gasteiger partial charge in [-0.2, -0.15) is 0 Å². The molecule has 1 saturated carbocycles. The summed E-state index contributed by atoms with van der Waals surface area (Å²) in [6.07, 6.45) is 4.08. The number of nitrogens with one attached hydrogen (secondary N) is 1. The molecule has 0 aliphatic heterocycles. The van der Waals surface area contributed by atoms with E-state index in [2.05, 4.69) is 22.4 Å². The SMILES string of the molecule is CC1(CNc2nncs2)CCC1. The molecule has 1 aromatic rings. The maximum Gasteiger partial charge on any atom is 0.205 e. The molecule has 0 amide bonds. The second-order valence-corrected chi connectivity index (χ2v) is 4.59. The van der Waals surface area contributed by atoms with Crippen molar-refractivity contribution in [3.05, 3.63) is 5.51 Å². The Bertz CT molecular complexity index is 241. The van der Waals surface area contributed by atoms with Gasteiger partial charge in [0.2, 0.25) is 5.13 Å². The van der Waals surface area contributed by atoms with Crippen LogP contribution in [0.2, 0.25) is 0 Å². The smallest absolute Gasteiger partial charge is 0.205 e. The first-order chi connectivity index (χ1) is 5.79. The van der Waals surface area contributed by atoms with Gasteiger partial charge in [0.1, 0.15) is 5.51 Å². The summed E-state index contributed by atoms with van der Waals surface area (Å²) in [7, 11) is 0. The Labute approximate surface area is 76.2 Å². The highest BCUT2D eigenvalue weighted by atomic mass is 32.1. The van der Waals surface area contributed by atoms with Crippen LogP contribution in [0.4, 0.5) is 5.13 Å². The van der Waals surface area contributed by atoms with Gasteiger partial charge in [-0.1, -0.05) is 24.7 Å². The molecule has 1 heterocycles. The van der Waals surface area contributed by atoms with E-state index in [1.54, 1.807) is 16.8 Å². The number of hydrogen-bond donors (Lipinski definition) is 1. The van der Waals surface area contributed by atoms with Gasteiger partial charge in [-0.3, -0.25) is 0 Å². The van der Waals surface area contributed by atoms with Crippen molar-refractivity contribution in [1.82, 2.24) is 10.2 Å².